The molecule has 2 amide bonds. The quantitative estimate of drug-likeness (QED) is 0.787. The molecule has 6 heteroatoms. The lowest BCUT2D eigenvalue weighted by Gasteiger charge is -2.33. The molecule has 2 aliphatic rings. The number of amides is 2. The predicted octanol–water partition coefficient (Wildman–Crippen LogP) is 1.49. The van der Waals surface area contributed by atoms with Gasteiger partial charge in [-0.3, -0.25) is 0 Å². The van der Waals surface area contributed by atoms with Crippen molar-refractivity contribution in [1.82, 2.24) is 20.9 Å². The summed E-state index contributed by atoms with van der Waals surface area (Å²) in [5, 5.41) is 9.54. The minimum absolute atomic E-state index is 0.0111. The van der Waals surface area contributed by atoms with Gasteiger partial charge in [-0.1, -0.05) is 6.07 Å². The summed E-state index contributed by atoms with van der Waals surface area (Å²) < 4.78 is 0. The van der Waals surface area contributed by atoms with E-state index < -0.39 is 0 Å². The molecule has 23 heavy (non-hydrogen) atoms. The van der Waals surface area contributed by atoms with E-state index in [2.05, 4.69) is 25.8 Å². The SMILES string of the molecule is CN[C@H]1CCC(NC(=O)NC2CCN(c3ccccn3)CC2)C1. The van der Waals surface area contributed by atoms with Crippen LogP contribution in [-0.2, 0) is 0 Å². The van der Waals surface area contributed by atoms with E-state index in [0.29, 0.717) is 12.1 Å². The van der Waals surface area contributed by atoms with Crippen molar-refractivity contribution in [1.29, 1.82) is 0 Å². The van der Waals surface area contributed by atoms with Gasteiger partial charge in [0.15, 0.2) is 0 Å². The van der Waals surface area contributed by atoms with Crippen molar-refractivity contribution >= 4 is 11.8 Å². The molecule has 1 aliphatic carbocycles. The van der Waals surface area contributed by atoms with Gasteiger partial charge in [-0.15, -0.1) is 0 Å². The molecule has 0 bridgehead atoms. The first-order valence-electron chi connectivity index (χ1n) is 8.65. The van der Waals surface area contributed by atoms with Gasteiger partial charge in [0.25, 0.3) is 0 Å². The number of nitrogens with zero attached hydrogens (tertiary/aromatic N) is 2. The fraction of sp³-hybridized carbons (Fsp3) is 0.647. The molecule has 0 spiro atoms. The van der Waals surface area contributed by atoms with E-state index in [1.165, 1.54) is 0 Å². The number of rotatable bonds is 4. The maximum absolute atomic E-state index is 12.1. The molecule has 0 aromatic carbocycles. The van der Waals surface area contributed by atoms with Crippen LogP contribution in [0.5, 0.6) is 0 Å². The van der Waals surface area contributed by atoms with Gasteiger partial charge in [0.1, 0.15) is 5.82 Å². The molecular formula is C17H27N5O. The van der Waals surface area contributed by atoms with E-state index in [0.717, 1.165) is 51.0 Å². The summed E-state index contributed by atoms with van der Waals surface area (Å²) in [5.41, 5.74) is 0. The topological polar surface area (TPSA) is 69.3 Å². The van der Waals surface area contributed by atoms with Crippen LogP contribution in [0.25, 0.3) is 0 Å². The Bertz CT molecular complexity index is 501. The number of anilines is 1. The molecule has 2 fully saturated rings. The number of carbonyl (C=O) groups excluding carboxylic acids is 1. The molecule has 1 aliphatic heterocycles. The zero-order valence-electron chi connectivity index (χ0n) is 13.8. The molecule has 1 unspecified atom stereocenters. The van der Waals surface area contributed by atoms with Crippen molar-refractivity contribution in [2.75, 3.05) is 25.0 Å². The summed E-state index contributed by atoms with van der Waals surface area (Å²) in [4.78, 5) is 18.8. The molecule has 6 nitrogen and oxygen atoms in total. The van der Waals surface area contributed by atoms with E-state index in [1.807, 2.05) is 31.4 Å². The van der Waals surface area contributed by atoms with Gasteiger partial charge < -0.3 is 20.9 Å². The van der Waals surface area contributed by atoms with Crippen LogP contribution in [0, 0.1) is 0 Å². The highest BCUT2D eigenvalue weighted by atomic mass is 16.2. The van der Waals surface area contributed by atoms with Crippen molar-refractivity contribution in [2.45, 2.75) is 50.2 Å². The fourth-order valence-electron chi connectivity index (χ4n) is 3.58. The minimum atomic E-state index is -0.0111. The second-order valence-electron chi connectivity index (χ2n) is 6.56. The molecule has 1 aromatic rings. The standard InChI is InChI=1S/C17H27N5O/c1-18-14-5-6-15(12-14)21-17(23)20-13-7-10-22(11-8-13)16-4-2-3-9-19-16/h2-4,9,13-15,18H,5-8,10-12H2,1H3,(H2,20,21,23)/t14-,15?/m0/s1. The van der Waals surface area contributed by atoms with E-state index in [-0.39, 0.29) is 12.1 Å². The Morgan fingerprint density at radius 3 is 2.48 bits per heavy atom. The second kappa shape index (κ2) is 7.64. The van der Waals surface area contributed by atoms with Crippen LogP contribution in [-0.4, -0.2) is 49.3 Å². The van der Waals surface area contributed by atoms with Crippen LogP contribution in [0.1, 0.15) is 32.1 Å². The third-order valence-corrected chi connectivity index (χ3v) is 4.98. The summed E-state index contributed by atoms with van der Waals surface area (Å²) in [6.45, 7) is 1.88. The molecular weight excluding hydrogens is 290 g/mol. The Hall–Kier alpha value is -1.82. The molecule has 1 saturated carbocycles. The lowest BCUT2D eigenvalue weighted by molar-refractivity contribution is 0.230. The molecule has 3 rings (SSSR count). The molecule has 2 atom stereocenters. The van der Waals surface area contributed by atoms with Crippen LogP contribution >= 0.6 is 0 Å². The van der Waals surface area contributed by atoms with Crippen LogP contribution in [0.4, 0.5) is 10.6 Å². The van der Waals surface area contributed by atoms with E-state index in [9.17, 15) is 4.79 Å². The zero-order valence-corrected chi connectivity index (χ0v) is 13.8. The predicted molar refractivity (Wildman–Crippen MR) is 91.6 cm³/mol. The highest BCUT2D eigenvalue weighted by molar-refractivity contribution is 5.74. The molecule has 2 heterocycles. The molecule has 3 N–H and O–H groups in total. The van der Waals surface area contributed by atoms with Gasteiger partial charge in [0.05, 0.1) is 0 Å². The molecule has 1 saturated heterocycles. The van der Waals surface area contributed by atoms with Gasteiger partial charge in [-0.05, 0) is 51.3 Å². The summed E-state index contributed by atoms with van der Waals surface area (Å²) in [6, 6.07) is 7.09. The van der Waals surface area contributed by atoms with Gasteiger partial charge in [0, 0.05) is 37.4 Å². The van der Waals surface area contributed by atoms with Crippen molar-refractivity contribution in [3.63, 3.8) is 0 Å². The van der Waals surface area contributed by atoms with Crippen molar-refractivity contribution in [3.05, 3.63) is 24.4 Å². The average Bonchev–Trinajstić information content (AvgIpc) is 3.04. The van der Waals surface area contributed by atoms with Gasteiger partial charge in [0.2, 0.25) is 0 Å². The molecule has 126 valence electrons. The van der Waals surface area contributed by atoms with Crippen molar-refractivity contribution in [3.8, 4) is 0 Å². The number of carbonyl (C=O) groups is 1. The highest BCUT2D eigenvalue weighted by Gasteiger charge is 2.26. The third kappa shape index (κ3) is 4.34. The average molecular weight is 317 g/mol. The Balaban J connectivity index is 1.39. The van der Waals surface area contributed by atoms with Gasteiger partial charge in [-0.2, -0.15) is 0 Å². The lowest BCUT2D eigenvalue weighted by atomic mass is 10.1. The van der Waals surface area contributed by atoms with Crippen LogP contribution in [0.2, 0.25) is 0 Å². The number of aromatic nitrogens is 1. The Morgan fingerprint density at radius 2 is 1.83 bits per heavy atom. The maximum atomic E-state index is 12.1. The van der Waals surface area contributed by atoms with E-state index in [1.54, 1.807) is 0 Å². The largest absolute Gasteiger partial charge is 0.356 e. The lowest BCUT2D eigenvalue weighted by Crippen LogP contribution is -2.50. The summed E-state index contributed by atoms with van der Waals surface area (Å²) in [5.74, 6) is 1.03. The number of nitrogens with one attached hydrogen (secondary N) is 3. The normalized spacial score (nSPS) is 25.3. The Morgan fingerprint density at radius 1 is 1.09 bits per heavy atom. The number of piperidine rings is 1. The summed E-state index contributed by atoms with van der Waals surface area (Å²) in [6.07, 6.45) is 7.00. The summed E-state index contributed by atoms with van der Waals surface area (Å²) in [7, 11) is 1.99. The number of hydrogen-bond acceptors (Lipinski definition) is 4. The maximum Gasteiger partial charge on any atom is 0.315 e. The Labute approximate surface area is 138 Å². The number of hydrogen-bond donors (Lipinski definition) is 3. The molecule has 1 aromatic heterocycles. The van der Waals surface area contributed by atoms with Crippen molar-refractivity contribution in [2.24, 2.45) is 0 Å². The first-order valence-corrected chi connectivity index (χ1v) is 8.65. The van der Waals surface area contributed by atoms with E-state index in [4.69, 9.17) is 0 Å². The smallest absolute Gasteiger partial charge is 0.315 e. The summed E-state index contributed by atoms with van der Waals surface area (Å²) >= 11 is 0. The highest BCUT2D eigenvalue weighted by Crippen LogP contribution is 2.19. The van der Waals surface area contributed by atoms with Crippen LogP contribution in [0.15, 0.2) is 24.4 Å². The van der Waals surface area contributed by atoms with Crippen molar-refractivity contribution < 1.29 is 4.79 Å². The number of urea groups is 1. The number of pyridine rings is 1. The Kier molecular flexibility index (Phi) is 5.33. The molecule has 0 radical (unpaired) electrons. The fourth-order valence-corrected chi connectivity index (χ4v) is 3.58. The van der Waals surface area contributed by atoms with Crippen LogP contribution in [0.3, 0.4) is 0 Å². The third-order valence-electron chi connectivity index (χ3n) is 4.98. The monoisotopic (exact) mass is 317 g/mol. The van der Waals surface area contributed by atoms with Gasteiger partial charge >= 0.3 is 6.03 Å². The zero-order chi connectivity index (χ0) is 16.1. The van der Waals surface area contributed by atoms with Gasteiger partial charge in [-0.25, -0.2) is 9.78 Å². The minimum Gasteiger partial charge on any atom is -0.356 e. The first-order chi connectivity index (χ1) is 11.2. The van der Waals surface area contributed by atoms with E-state index >= 15 is 0 Å². The first kappa shape index (κ1) is 16.1. The van der Waals surface area contributed by atoms with Crippen LogP contribution < -0.4 is 20.9 Å². The second-order valence-corrected chi connectivity index (χ2v) is 6.56.